The second-order valence-electron chi connectivity index (χ2n) is 8.54. The second kappa shape index (κ2) is 12.1. The fraction of sp³-hybridized carbons (Fsp3) is 1.00. The van der Waals surface area contributed by atoms with Crippen LogP contribution in [-0.2, 0) is 14.6 Å². The van der Waals surface area contributed by atoms with E-state index in [2.05, 4.69) is 4.18 Å². The molecule has 0 amide bonds. The molecule has 0 saturated carbocycles. The van der Waals surface area contributed by atoms with E-state index in [1.807, 2.05) is 0 Å². The molecule has 0 radical (unpaired) electrons. The SMILES string of the molecule is CCCCCCCC(CCC(F)(F)C(F)(F)C(F)(F)C(F)(F)C(F)(F)C(F)(F)C(F)(F)C(F)(F)F)OS(=O)(=O)O. The molecule has 1 N–H and O–H groups in total. The molecular weight excluding hydrogens is 635 g/mol. The monoisotopic (exact) mass is 656 g/mol. The smallest absolute Gasteiger partial charge is 0.264 e. The molecular formula is C18H21F17O4S. The number of unbranched alkanes of at least 4 members (excludes halogenated alkanes) is 4. The van der Waals surface area contributed by atoms with Crippen molar-refractivity contribution in [3.05, 3.63) is 0 Å². The third kappa shape index (κ3) is 7.35. The molecule has 242 valence electrons. The van der Waals surface area contributed by atoms with Crippen LogP contribution in [0.15, 0.2) is 0 Å². The molecule has 0 aromatic heterocycles. The summed E-state index contributed by atoms with van der Waals surface area (Å²) in [5, 5.41) is 0. The number of hydrogen-bond donors (Lipinski definition) is 1. The molecule has 4 nitrogen and oxygen atoms in total. The van der Waals surface area contributed by atoms with Crippen molar-refractivity contribution < 1.29 is 91.8 Å². The van der Waals surface area contributed by atoms with E-state index < -0.39 is 83.4 Å². The highest BCUT2D eigenvalue weighted by Gasteiger charge is 2.95. The molecule has 0 aliphatic rings. The van der Waals surface area contributed by atoms with Gasteiger partial charge in [0.15, 0.2) is 0 Å². The summed E-state index contributed by atoms with van der Waals surface area (Å²) in [6.45, 7) is 1.74. The lowest BCUT2D eigenvalue weighted by Gasteiger charge is -2.43. The Balaban J connectivity index is 6.27. The highest BCUT2D eigenvalue weighted by molar-refractivity contribution is 7.80. The van der Waals surface area contributed by atoms with Gasteiger partial charge in [-0.25, -0.2) is 4.18 Å². The van der Waals surface area contributed by atoms with Crippen LogP contribution in [0.5, 0.6) is 0 Å². The number of rotatable bonds is 17. The standard InChI is InChI=1S/C18H21F17O4S/c1-2-3-4-5-6-7-10(39-40(36,37)38)8-9-11(19,20)12(21,22)13(23,24)14(25,26)15(27,28)16(29,30)17(31,32)18(33,34)35/h10H,2-9H2,1H3,(H,36,37,38). The Morgan fingerprint density at radius 1 is 0.575 bits per heavy atom. The largest absolute Gasteiger partial charge is 0.460 e. The molecule has 0 aliphatic carbocycles. The van der Waals surface area contributed by atoms with Crippen molar-refractivity contribution in [1.82, 2.24) is 0 Å². The first-order valence-corrected chi connectivity index (χ1v) is 12.1. The van der Waals surface area contributed by atoms with Crippen LogP contribution in [-0.4, -0.2) is 66.7 Å². The Bertz CT molecular complexity index is 931. The summed E-state index contributed by atoms with van der Waals surface area (Å²) in [6.07, 6.45) is -13.6. The summed E-state index contributed by atoms with van der Waals surface area (Å²) in [6, 6.07) is 0. The van der Waals surface area contributed by atoms with E-state index in [9.17, 15) is 83.1 Å². The quantitative estimate of drug-likeness (QED) is 0.0972. The topological polar surface area (TPSA) is 63.6 Å². The van der Waals surface area contributed by atoms with E-state index in [1.54, 1.807) is 6.92 Å². The van der Waals surface area contributed by atoms with Gasteiger partial charge in [0.2, 0.25) is 0 Å². The molecule has 22 heteroatoms. The normalized spacial score (nSPS) is 16.4. The van der Waals surface area contributed by atoms with Gasteiger partial charge in [-0.2, -0.15) is 83.1 Å². The number of hydrogen-bond acceptors (Lipinski definition) is 3. The van der Waals surface area contributed by atoms with Crippen molar-refractivity contribution in [3.63, 3.8) is 0 Å². The summed E-state index contributed by atoms with van der Waals surface area (Å²) in [4.78, 5) is 0. The van der Waals surface area contributed by atoms with Crippen LogP contribution >= 0.6 is 0 Å². The minimum atomic E-state index is -8.73. The molecule has 0 aromatic carbocycles. The van der Waals surface area contributed by atoms with Crippen molar-refractivity contribution in [2.24, 2.45) is 0 Å². The van der Waals surface area contributed by atoms with Crippen molar-refractivity contribution in [1.29, 1.82) is 0 Å². The van der Waals surface area contributed by atoms with Crippen LogP contribution < -0.4 is 0 Å². The molecule has 1 unspecified atom stereocenters. The third-order valence-electron chi connectivity index (χ3n) is 5.45. The molecule has 0 aromatic rings. The van der Waals surface area contributed by atoms with Crippen molar-refractivity contribution in [3.8, 4) is 0 Å². The Labute approximate surface area is 215 Å². The number of alkyl halides is 17. The van der Waals surface area contributed by atoms with E-state index in [1.165, 1.54) is 0 Å². The maximum Gasteiger partial charge on any atom is 0.460 e. The predicted octanol–water partition coefficient (Wildman–Crippen LogP) is 8.32. The molecule has 0 aliphatic heterocycles. The van der Waals surface area contributed by atoms with Crippen molar-refractivity contribution in [2.45, 2.75) is 112 Å². The lowest BCUT2D eigenvalue weighted by molar-refractivity contribution is -0.461. The van der Waals surface area contributed by atoms with Crippen LogP contribution in [0.2, 0.25) is 0 Å². The van der Waals surface area contributed by atoms with E-state index in [0.29, 0.717) is 19.3 Å². The van der Waals surface area contributed by atoms with Gasteiger partial charge in [-0.3, -0.25) is 4.55 Å². The minimum Gasteiger partial charge on any atom is -0.264 e. The fourth-order valence-electron chi connectivity index (χ4n) is 3.08. The maximum absolute atomic E-state index is 14.0. The summed E-state index contributed by atoms with van der Waals surface area (Å²) in [7, 11) is -5.53. The zero-order valence-corrected chi connectivity index (χ0v) is 20.6. The molecule has 40 heavy (non-hydrogen) atoms. The molecule has 1 atom stereocenters. The lowest BCUT2D eigenvalue weighted by atomic mass is 9.87. The lowest BCUT2D eigenvalue weighted by Crippen LogP contribution is -2.74. The highest BCUT2D eigenvalue weighted by atomic mass is 32.3. The van der Waals surface area contributed by atoms with Crippen molar-refractivity contribution >= 4 is 10.4 Å². The highest BCUT2D eigenvalue weighted by Crippen LogP contribution is 2.64. The van der Waals surface area contributed by atoms with Gasteiger partial charge in [-0.15, -0.1) is 0 Å². The van der Waals surface area contributed by atoms with Crippen LogP contribution in [0.3, 0.4) is 0 Å². The molecule has 0 spiro atoms. The van der Waals surface area contributed by atoms with Gasteiger partial charge in [0.05, 0.1) is 6.10 Å². The summed E-state index contributed by atoms with van der Waals surface area (Å²) in [5.41, 5.74) is 0. The zero-order valence-electron chi connectivity index (χ0n) is 19.7. The van der Waals surface area contributed by atoms with Crippen LogP contribution in [0.4, 0.5) is 74.6 Å². The first-order valence-electron chi connectivity index (χ1n) is 10.8. The predicted molar refractivity (Wildman–Crippen MR) is 99.7 cm³/mol. The number of halogens is 17. The van der Waals surface area contributed by atoms with Crippen molar-refractivity contribution in [2.75, 3.05) is 0 Å². The van der Waals surface area contributed by atoms with Crippen LogP contribution in [0.1, 0.15) is 58.3 Å². The molecule has 0 saturated heterocycles. The average Bonchev–Trinajstić information content (AvgIpc) is 2.74. The Hall–Kier alpha value is -1.32. The van der Waals surface area contributed by atoms with Gasteiger partial charge < -0.3 is 0 Å². The first kappa shape index (κ1) is 38.7. The van der Waals surface area contributed by atoms with Gasteiger partial charge in [0, 0.05) is 6.42 Å². The van der Waals surface area contributed by atoms with E-state index in [4.69, 9.17) is 4.55 Å². The van der Waals surface area contributed by atoms with Gasteiger partial charge in [-0.05, 0) is 12.8 Å². The van der Waals surface area contributed by atoms with E-state index in [0.717, 1.165) is 0 Å². The fourth-order valence-corrected chi connectivity index (χ4v) is 3.62. The van der Waals surface area contributed by atoms with Gasteiger partial charge in [0.25, 0.3) is 0 Å². The summed E-state index contributed by atoms with van der Waals surface area (Å²) in [5.74, 6) is -57.2. The molecule has 0 heterocycles. The Morgan fingerprint density at radius 2 is 0.950 bits per heavy atom. The second-order valence-corrected chi connectivity index (χ2v) is 9.58. The van der Waals surface area contributed by atoms with Crippen LogP contribution in [0.25, 0.3) is 0 Å². The van der Waals surface area contributed by atoms with E-state index in [-0.39, 0.29) is 12.8 Å². The average molecular weight is 656 g/mol. The first-order chi connectivity index (χ1) is 17.4. The molecule has 0 fully saturated rings. The molecule has 0 rings (SSSR count). The summed E-state index contributed by atoms with van der Waals surface area (Å²) >= 11 is 0. The minimum absolute atomic E-state index is 0.134. The summed E-state index contributed by atoms with van der Waals surface area (Å²) < 4.78 is 260. The maximum atomic E-state index is 14.0. The van der Waals surface area contributed by atoms with E-state index >= 15 is 0 Å². The van der Waals surface area contributed by atoms with Gasteiger partial charge in [-0.1, -0.05) is 39.0 Å². The van der Waals surface area contributed by atoms with Gasteiger partial charge in [0.1, 0.15) is 0 Å². The Kier molecular flexibility index (Phi) is 11.7. The third-order valence-corrected chi connectivity index (χ3v) is 5.97. The van der Waals surface area contributed by atoms with Gasteiger partial charge >= 0.3 is 58.0 Å². The molecule has 0 bridgehead atoms. The zero-order chi connectivity index (χ0) is 32.4. The van der Waals surface area contributed by atoms with Crippen LogP contribution in [0, 0.1) is 0 Å². The Morgan fingerprint density at radius 3 is 1.32 bits per heavy atom.